The topological polar surface area (TPSA) is 74.5 Å². The molecule has 0 spiro atoms. The molecule has 1 heterocycles. The first-order chi connectivity index (χ1) is 12.1. The van der Waals surface area contributed by atoms with E-state index >= 15 is 0 Å². The van der Waals surface area contributed by atoms with Crippen LogP contribution in [0.2, 0.25) is 0 Å². The van der Waals surface area contributed by atoms with Gasteiger partial charge in [0.15, 0.2) is 5.96 Å². The molecule has 2 rings (SSSR count). The summed E-state index contributed by atoms with van der Waals surface area (Å²) in [6.07, 6.45) is 0.897. The lowest BCUT2D eigenvalue weighted by atomic mass is 10.0. The molecule has 0 amide bonds. The van der Waals surface area contributed by atoms with E-state index in [-0.39, 0.29) is 36.5 Å². The Balaban J connectivity index is 0.00000338. The van der Waals surface area contributed by atoms with Crippen LogP contribution in [0.5, 0.6) is 0 Å². The fourth-order valence-electron chi connectivity index (χ4n) is 2.94. The molecular weight excluding hydrogens is 441 g/mol. The SMILES string of the molecule is CN=C(NCCc1c(C)nn(C)c1C)NCC(CO)c1ccccc1.I. The van der Waals surface area contributed by atoms with Crippen LogP contribution in [0.4, 0.5) is 0 Å². The van der Waals surface area contributed by atoms with E-state index in [0.29, 0.717) is 6.54 Å². The second-order valence-electron chi connectivity index (χ2n) is 6.19. The van der Waals surface area contributed by atoms with Gasteiger partial charge in [0, 0.05) is 38.8 Å². The molecule has 3 N–H and O–H groups in total. The first-order valence-corrected chi connectivity index (χ1v) is 8.66. The third-order valence-electron chi connectivity index (χ3n) is 4.56. The lowest BCUT2D eigenvalue weighted by Gasteiger charge is -2.18. The Labute approximate surface area is 173 Å². The molecule has 1 aromatic carbocycles. The van der Waals surface area contributed by atoms with Crippen molar-refractivity contribution in [1.29, 1.82) is 0 Å². The van der Waals surface area contributed by atoms with Crippen molar-refractivity contribution < 1.29 is 5.11 Å². The summed E-state index contributed by atoms with van der Waals surface area (Å²) in [7, 11) is 3.73. The molecule has 1 aromatic heterocycles. The number of guanidine groups is 1. The van der Waals surface area contributed by atoms with Gasteiger partial charge in [-0.25, -0.2) is 0 Å². The zero-order chi connectivity index (χ0) is 18.2. The van der Waals surface area contributed by atoms with Crippen molar-refractivity contribution in [1.82, 2.24) is 20.4 Å². The van der Waals surface area contributed by atoms with Gasteiger partial charge in [-0.1, -0.05) is 30.3 Å². The van der Waals surface area contributed by atoms with E-state index in [1.807, 2.05) is 49.0 Å². The molecule has 7 heteroatoms. The van der Waals surface area contributed by atoms with Gasteiger partial charge < -0.3 is 15.7 Å². The Hall–Kier alpha value is -1.61. The number of nitrogens with one attached hydrogen (secondary N) is 2. The van der Waals surface area contributed by atoms with Crippen LogP contribution in [-0.2, 0) is 13.5 Å². The molecular formula is C19H30IN5O. The van der Waals surface area contributed by atoms with Gasteiger partial charge in [0.1, 0.15) is 0 Å². The Morgan fingerprint density at radius 3 is 2.46 bits per heavy atom. The van der Waals surface area contributed by atoms with Crippen molar-refractivity contribution >= 4 is 29.9 Å². The first kappa shape index (κ1) is 22.4. The molecule has 0 fully saturated rings. The summed E-state index contributed by atoms with van der Waals surface area (Å²) in [5.74, 6) is 0.788. The van der Waals surface area contributed by atoms with Crippen LogP contribution in [0, 0.1) is 13.8 Å². The number of hydrogen-bond donors (Lipinski definition) is 3. The van der Waals surface area contributed by atoms with Gasteiger partial charge in [-0.05, 0) is 31.4 Å². The molecule has 0 radical (unpaired) electrons. The van der Waals surface area contributed by atoms with Gasteiger partial charge in [-0.2, -0.15) is 5.10 Å². The molecule has 0 bridgehead atoms. The minimum Gasteiger partial charge on any atom is -0.396 e. The average molecular weight is 471 g/mol. The van der Waals surface area contributed by atoms with Gasteiger partial charge in [-0.3, -0.25) is 9.67 Å². The third kappa shape index (κ3) is 5.98. The van der Waals surface area contributed by atoms with Gasteiger partial charge in [0.05, 0.1) is 12.3 Å². The van der Waals surface area contributed by atoms with E-state index in [9.17, 15) is 5.11 Å². The zero-order valence-electron chi connectivity index (χ0n) is 16.0. The van der Waals surface area contributed by atoms with E-state index in [1.54, 1.807) is 7.05 Å². The number of nitrogens with zero attached hydrogens (tertiary/aromatic N) is 3. The number of aliphatic imine (C=N–C) groups is 1. The highest BCUT2D eigenvalue weighted by molar-refractivity contribution is 14.0. The second kappa shape index (κ2) is 11.2. The van der Waals surface area contributed by atoms with Crippen LogP contribution in [0.25, 0.3) is 0 Å². The summed E-state index contributed by atoms with van der Waals surface area (Å²) >= 11 is 0. The highest BCUT2D eigenvalue weighted by Gasteiger charge is 2.12. The maximum absolute atomic E-state index is 9.64. The molecule has 0 aliphatic carbocycles. The molecule has 0 aliphatic rings. The monoisotopic (exact) mass is 471 g/mol. The number of aliphatic hydroxyl groups excluding tert-OH is 1. The quantitative estimate of drug-likeness (QED) is 0.329. The van der Waals surface area contributed by atoms with Crippen molar-refractivity contribution in [2.24, 2.45) is 12.0 Å². The summed E-state index contributed by atoms with van der Waals surface area (Å²) in [4.78, 5) is 4.26. The number of rotatable bonds is 7. The number of halogens is 1. The molecule has 26 heavy (non-hydrogen) atoms. The van der Waals surface area contributed by atoms with Gasteiger partial charge >= 0.3 is 0 Å². The van der Waals surface area contributed by atoms with E-state index < -0.39 is 0 Å². The molecule has 2 aromatic rings. The van der Waals surface area contributed by atoms with Crippen LogP contribution in [0.1, 0.15) is 28.4 Å². The van der Waals surface area contributed by atoms with Crippen molar-refractivity contribution in [3.8, 4) is 0 Å². The predicted octanol–water partition coefficient (Wildman–Crippen LogP) is 2.14. The van der Waals surface area contributed by atoms with E-state index in [4.69, 9.17) is 0 Å². The summed E-state index contributed by atoms with van der Waals surface area (Å²) < 4.78 is 1.92. The van der Waals surface area contributed by atoms with Crippen LogP contribution in [0.3, 0.4) is 0 Å². The summed E-state index contributed by atoms with van der Waals surface area (Å²) in [6, 6.07) is 10.0. The number of benzene rings is 1. The minimum atomic E-state index is 0. The lowest BCUT2D eigenvalue weighted by Crippen LogP contribution is -2.40. The first-order valence-electron chi connectivity index (χ1n) is 8.66. The van der Waals surface area contributed by atoms with Crippen LogP contribution >= 0.6 is 24.0 Å². The number of hydrogen-bond acceptors (Lipinski definition) is 3. The molecule has 1 unspecified atom stereocenters. The van der Waals surface area contributed by atoms with Crippen molar-refractivity contribution in [3.05, 3.63) is 52.8 Å². The Morgan fingerprint density at radius 1 is 1.23 bits per heavy atom. The second-order valence-corrected chi connectivity index (χ2v) is 6.19. The van der Waals surface area contributed by atoms with Crippen molar-refractivity contribution in [2.45, 2.75) is 26.2 Å². The Bertz CT molecular complexity index is 699. The summed E-state index contributed by atoms with van der Waals surface area (Å²) in [5, 5.41) is 20.7. The molecule has 0 saturated carbocycles. The van der Waals surface area contributed by atoms with E-state index in [1.165, 1.54) is 11.3 Å². The molecule has 144 valence electrons. The highest BCUT2D eigenvalue weighted by Crippen LogP contribution is 2.14. The predicted molar refractivity (Wildman–Crippen MR) is 117 cm³/mol. The standard InChI is InChI=1S/C19H29N5O.HI/c1-14-18(15(2)24(4)23-14)10-11-21-19(20-3)22-12-17(13-25)16-8-6-5-7-9-16;/h5-9,17,25H,10-13H2,1-4H3,(H2,20,21,22);1H. The summed E-state index contributed by atoms with van der Waals surface area (Å²) in [6.45, 7) is 5.64. The van der Waals surface area contributed by atoms with E-state index in [2.05, 4.69) is 27.6 Å². The summed E-state index contributed by atoms with van der Waals surface area (Å²) in [5.41, 5.74) is 4.68. The third-order valence-corrected chi connectivity index (χ3v) is 4.56. The van der Waals surface area contributed by atoms with E-state index in [0.717, 1.165) is 30.2 Å². The molecule has 0 aliphatic heterocycles. The maximum atomic E-state index is 9.64. The normalized spacial score (nSPS) is 12.4. The van der Waals surface area contributed by atoms with Gasteiger partial charge in [-0.15, -0.1) is 24.0 Å². The highest BCUT2D eigenvalue weighted by atomic mass is 127. The fourth-order valence-corrected chi connectivity index (χ4v) is 2.94. The minimum absolute atomic E-state index is 0. The number of aromatic nitrogens is 2. The zero-order valence-corrected chi connectivity index (χ0v) is 18.3. The number of aryl methyl sites for hydroxylation is 2. The number of aliphatic hydroxyl groups is 1. The average Bonchev–Trinajstić information content (AvgIpc) is 2.87. The maximum Gasteiger partial charge on any atom is 0.191 e. The van der Waals surface area contributed by atoms with Crippen LogP contribution in [0.15, 0.2) is 35.3 Å². The Kier molecular flexibility index (Phi) is 9.64. The molecule has 6 nitrogen and oxygen atoms in total. The largest absolute Gasteiger partial charge is 0.396 e. The lowest BCUT2D eigenvalue weighted by molar-refractivity contribution is 0.265. The van der Waals surface area contributed by atoms with Crippen LogP contribution in [-0.4, -0.2) is 47.6 Å². The van der Waals surface area contributed by atoms with Gasteiger partial charge in [0.2, 0.25) is 0 Å². The molecule has 1 atom stereocenters. The van der Waals surface area contributed by atoms with Crippen molar-refractivity contribution in [2.75, 3.05) is 26.7 Å². The van der Waals surface area contributed by atoms with Gasteiger partial charge in [0.25, 0.3) is 0 Å². The smallest absolute Gasteiger partial charge is 0.191 e. The van der Waals surface area contributed by atoms with Crippen molar-refractivity contribution in [3.63, 3.8) is 0 Å². The Morgan fingerprint density at radius 2 is 1.92 bits per heavy atom. The van der Waals surface area contributed by atoms with Crippen LogP contribution < -0.4 is 10.6 Å². The molecule has 0 saturated heterocycles. The fraction of sp³-hybridized carbons (Fsp3) is 0.474.